The van der Waals surface area contributed by atoms with E-state index in [1.807, 2.05) is 31.2 Å². The number of pyridine rings is 1. The number of allylic oxidation sites excluding steroid dienone is 1. The van der Waals surface area contributed by atoms with Crippen LogP contribution < -0.4 is 10.2 Å². The molecule has 5 aliphatic rings. The first-order chi connectivity index (χ1) is 21.7. The molecule has 3 N–H and O–H groups in total. The molecule has 5 heterocycles. The van der Waals surface area contributed by atoms with Gasteiger partial charge in [-0.2, -0.15) is 0 Å². The number of hydrogen-bond donors (Lipinski definition) is 3. The van der Waals surface area contributed by atoms with E-state index in [-0.39, 0.29) is 29.5 Å². The van der Waals surface area contributed by atoms with Gasteiger partial charge in [-0.05, 0) is 73.6 Å². The van der Waals surface area contributed by atoms with E-state index in [0.29, 0.717) is 55.8 Å². The number of morpholine rings is 1. The minimum Gasteiger partial charge on any atom is -0.423 e. The topological polar surface area (TPSA) is 142 Å². The number of fused-ring (bicyclic) bond motifs is 1. The van der Waals surface area contributed by atoms with Crippen LogP contribution in [0.5, 0.6) is 0 Å². The fourth-order valence-electron chi connectivity index (χ4n) is 8.66. The Bertz CT molecular complexity index is 1460. The van der Waals surface area contributed by atoms with Crippen LogP contribution >= 0.6 is 0 Å². The molecule has 45 heavy (non-hydrogen) atoms. The molecule has 3 aliphatic heterocycles. The number of rotatable bonds is 8. The van der Waals surface area contributed by atoms with Crippen LogP contribution in [0.2, 0.25) is 0 Å². The maximum Gasteiger partial charge on any atom is 0.341 e. The molecule has 1 spiro atoms. The van der Waals surface area contributed by atoms with Gasteiger partial charge in [0.05, 0.1) is 49.7 Å². The van der Waals surface area contributed by atoms with Gasteiger partial charge in [-0.3, -0.25) is 0 Å². The van der Waals surface area contributed by atoms with Gasteiger partial charge >= 0.3 is 5.97 Å². The first kappa shape index (κ1) is 30.3. The van der Waals surface area contributed by atoms with E-state index >= 15 is 0 Å². The van der Waals surface area contributed by atoms with Crippen LogP contribution in [0.15, 0.2) is 54.2 Å². The van der Waals surface area contributed by atoms with Crippen molar-refractivity contribution in [2.24, 2.45) is 22.7 Å². The molecule has 11 heteroatoms. The maximum atomic E-state index is 13.5. The summed E-state index contributed by atoms with van der Waals surface area (Å²) in [7, 11) is 0. The highest BCUT2D eigenvalue weighted by atomic mass is 16.6. The number of nitrogens with one attached hydrogen (secondary N) is 1. The summed E-state index contributed by atoms with van der Waals surface area (Å²) >= 11 is 0. The predicted molar refractivity (Wildman–Crippen MR) is 167 cm³/mol. The number of carbonyl (C=O) groups excluding carboxylic acids is 1. The van der Waals surface area contributed by atoms with Crippen molar-refractivity contribution in [1.82, 2.24) is 15.0 Å². The number of epoxide rings is 1. The highest BCUT2D eigenvalue weighted by molar-refractivity contribution is 5.95. The Morgan fingerprint density at radius 1 is 1.13 bits per heavy atom. The van der Waals surface area contributed by atoms with Gasteiger partial charge in [-0.1, -0.05) is 19.9 Å². The summed E-state index contributed by atoms with van der Waals surface area (Å²) in [4.78, 5) is 29.2. The maximum absolute atomic E-state index is 13.5. The van der Waals surface area contributed by atoms with Gasteiger partial charge in [0.15, 0.2) is 0 Å². The Balaban J connectivity index is 1.19. The Morgan fingerprint density at radius 2 is 1.91 bits per heavy atom. The molecule has 0 bridgehead atoms. The highest BCUT2D eigenvalue weighted by Crippen LogP contribution is 2.66. The molecule has 0 radical (unpaired) electrons. The van der Waals surface area contributed by atoms with Crippen molar-refractivity contribution in [3.63, 3.8) is 0 Å². The van der Waals surface area contributed by atoms with Crippen molar-refractivity contribution in [3.8, 4) is 0 Å². The van der Waals surface area contributed by atoms with E-state index in [4.69, 9.17) is 14.2 Å². The Hall–Kier alpha value is -3.38. The third kappa shape index (κ3) is 5.54. The monoisotopic (exact) mass is 617 g/mol. The van der Waals surface area contributed by atoms with Gasteiger partial charge in [-0.15, -0.1) is 0 Å². The number of carbonyl (C=O) groups is 1. The summed E-state index contributed by atoms with van der Waals surface area (Å²) in [5, 5.41) is 25.1. The van der Waals surface area contributed by atoms with Gasteiger partial charge < -0.3 is 34.6 Å². The number of aliphatic hydroxyl groups is 2. The molecular formula is C34H43N5O6. The van der Waals surface area contributed by atoms with Gasteiger partial charge in [0.25, 0.3) is 0 Å². The van der Waals surface area contributed by atoms with Crippen molar-refractivity contribution in [3.05, 3.63) is 59.8 Å². The number of aliphatic hydroxyl groups excluding tert-OH is 2. The van der Waals surface area contributed by atoms with E-state index in [9.17, 15) is 15.0 Å². The summed E-state index contributed by atoms with van der Waals surface area (Å²) in [5.41, 5.74) is 0.206. The quantitative estimate of drug-likeness (QED) is 0.297. The number of aromatic nitrogens is 3. The normalized spacial score (nSPS) is 36.0. The number of esters is 1. The molecule has 2 aromatic rings. The van der Waals surface area contributed by atoms with Crippen LogP contribution in [0, 0.1) is 22.7 Å². The minimum atomic E-state index is -0.591. The summed E-state index contributed by atoms with van der Waals surface area (Å²) in [5.74, 6) is 1.57. The Kier molecular flexibility index (Phi) is 7.92. The first-order valence-corrected chi connectivity index (χ1v) is 16.1. The van der Waals surface area contributed by atoms with Crippen molar-refractivity contribution >= 4 is 23.8 Å². The number of cyclic esters (lactones) is 1. The Labute approximate surface area is 263 Å². The molecule has 7 atom stereocenters. The largest absolute Gasteiger partial charge is 0.423 e. The fraction of sp³-hybridized carbons (Fsp3) is 0.588. The zero-order chi connectivity index (χ0) is 31.2. The van der Waals surface area contributed by atoms with Gasteiger partial charge in [0, 0.05) is 42.7 Å². The number of nitrogens with zero attached hydrogens (tertiary/aromatic N) is 4. The SMILES string of the molecule is C[C@]12CC[C@@H](O)[C@@](C)(CO)C1CCC1(CO1)C2CC(Nc1ccccn1)C1=C/C(=C\c2cnc(N3CCOCC3)nc2)OC1=O. The van der Waals surface area contributed by atoms with Crippen LogP contribution in [0.1, 0.15) is 51.5 Å². The second-order valence-electron chi connectivity index (χ2n) is 13.8. The van der Waals surface area contributed by atoms with Crippen LogP contribution in [0.25, 0.3) is 6.08 Å². The molecule has 0 aromatic carbocycles. The summed E-state index contributed by atoms with van der Waals surface area (Å²) in [6.45, 7) is 7.76. The Morgan fingerprint density at radius 3 is 2.60 bits per heavy atom. The predicted octanol–water partition coefficient (Wildman–Crippen LogP) is 3.36. The molecule has 240 valence electrons. The lowest BCUT2D eigenvalue weighted by molar-refractivity contribution is -0.177. The number of ether oxygens (including phenoxy) is 3. The van der Waals surface area contributed by atoms with Crippen LogP contribution in [0.4, 0.5) is 11.8 Å². The zero-order valence-corrected chi connectivity index (χ0v) is 26.0. The molecular weight excluding hydrogens is 574 g/mol. The lowest BCUT2D eigenvalue weighted by Gasteiger charge is -2.61. The molecule has 4 fully saturated rings. The van der Waals surface area contributed by atoms with E-state index in [0.717, 1.165) is 37.9 Å². The standard InChI is InChI=1S/C34H43N5O6/c1-32-8-7-28(41)33(2,20-40)26(32)6-9-34(21-44-34)27(32)17-25(38-29-5-3-4-10-35-29)24-16-23(45-30(24)42)15-22-18-36-31(37-19-22)39-11-13-43-14-12-39/h3-5,10,15-16,18-19,25-28,40-41H,6-9,11-14,17,20-21H2,1-2H3,(H,35,38)/b23-15+/t25?,26?,27?,28-,32+,33+,34?/m1/s1. The van der Waals surface area contributed by atoms with Crippen molar-refractivity contribution in [1.29, 1.82) is 0 Å². The van der Waals surface area contributed by atoms with Crippen molar-refractivity contribution < 1.29 is 29.2 Å². The van der Waals surface area contributed by atoms with Crippen LogP contribution in [-0.4, -0.2) is 88.4 Å². The van der Waals surface area contributed by atoms with E-state index in [2.05, 4.69) is 32.1 Å². The van der Waals surface area contributed by atoms with Gasteiger partial charge in [0.2, 0.25) is 5.95 Å². The van der Waals surface area contributed by atoms with Crippen LogP contribution in [0.3, 0.4) is 0 Å². The zero-order valence-electron chi connectivity index (χ0n) is 26.0. The van der Waals surface area contributed by atoms with E-state index < -0.39 is 23.5 Å². The third-order valence-electron chi connectivity index (χ3n) is 11.3. The average molecular weight is 618 g/mol. The minimum absolute atomic E-state index is 0.0621. The second kappa shape index (κ2) is 11.8. The molecule has 2 aromatic heterocycles. The van der Waals surface area contributed by atoms with E-state index in [1.165, 1.54) is 0 Å². The average Bonchev–Trinajstić information content (AvgIpc) is 3.74. The molecule has 2 saturated carbocycles. The van der Waals surface area contributed by atoms with Gasteiger partial charge in [-0.25, -0.2) is 19.7 Å². The lowest BCUT2D eigenvalue weighted by Crippen LogP contribution is -2.61. The molecule has 2 saturated heterocycles. The van der Waals surface area contributed by atoms with Gasteiger partial charge in [0.1, 0.15) is 11.6 Å². The highest BCUT2D eigenvalue weighted by Gasteiger charge is 2.67. The number of hydrogen-bond acceptors (Lipinski definition) is 11. The smallest absolute Gasteiger partial charge is 0.341 e. The lowest BCUT2D eigenvalue weighted by atomic mass is 9.44. The van der Waals surface area contributed by atoms with Crippen molar-refractivity contribution in [2.75, 3.05) is 49.7 Å². The molecule has 11 nitrogen and oxygen atoms in total. The molecule has 0 amide bonds. The summed E-state index contributed by atoms with van der Waals surface area (Å²) in [6.07, 6.45) is 12.1. The first-order valence-electron chi connectivity index (χ1n) is 16.1. The fourth-order valence-corrected chi connectivity index (χ4v) is 8.66. The third-order valence-corrected chi connectivity index (χ3v) is 11.3. The van der Waals surface area contributed by atoms with Crippen LogP contribution in [-0.2, 0) is 19.0 Å². The number of anilines is 2. The summed E-state index contributed by atoms with van der Waals surface area (Å²) < 4.78 is 17.5. The van der Waals surface area contributed by atoms with Crippen molar-refractivity contribution in [2.45, 2.75) is 63.7 Å². The van der Waals surface area contributed by atoms with E-state index in [1.54, 1.807) is 24.7 Å². The second-order valence-corrected chi connectivity index (χ2v) is 13.8. The molecule has 7 rings (SSSR count). The molecule has 4 unspecified atom stereocenters. The summed E-state index contributed by atoms with van der Waals surface area (Å²) in [6, 6.07) is 5.27. The molecule has 2 aliphatic carbocycles.